The fourth-order valence-electron chi connectivity index (χ4n) is 2.83. The van der Waals surface area contributed by atoms with Crippen LogP contribution in [0.4, 0.5) is 5.69 Å². The Bertz CT molecular complexity index is 939. The summed E-state index contributed by atoms with van der Waals surface area (Å²) in [5.74, 6) is 0.260. The predicted molar refractivity (Wildman–Crippen MR) is 104 cm³/mol. The molecule has 0 aliphatic rings. The Kier molecular flexibility index (Phi) is 6.01. The number of carbonyl (C=O) groups excluding carboxylic acids is 2. The molecule has 0 spiro atoms. The second-order valence-electron chi connectivity index (χ2n) is 6.14. The molecule has 1 heterocycles. The molecule has 1 aromatic heterocycles. The lowest BCUT2D eigenvalue weighted by Crippen LogP contribution is -2.30. The summed E-state index contributed by atoms with van der Waals surface area (Å²) in [5, 5.41) is 9.82. The second kappa shape index (κ2) is 8.81. The molecule has 0 aliphatic heterocycles. The van der Waals surface area contributed by atoms with Crippen molar-refractivity contribution in [3.63, 3.8) is 0 Å². The summed E-state index contributed by atoms with van der Waals surface area (Å²) in [7, 11) is 1.58. The maximum absolute atomic E-state index is 12.7. The third kappa shape index (κ3) is 4.73. The van der Waals surface area contributed by atoms with Crippen LogP contribution in [0.25, 0.3) is 5.69 Å². The molecule has 2 aromatic carbocycles. The summed E-state index contributed by atoms with van der Waals surface area (Å²) in [4.78, 5) is 28.2. The molecule has 3 rings (SSSR count). The van der Waals surface area contributed by atoms with Crippen LogP contribution in [0.2, 0.25) is 0 Å². The van der Waals surface area contributed by atoms with Gasteiger partial charge in [-0.1, -0.05) is 24.3 Å². The average Bonchev–Trinajstić information content (AvgIpc) is 3.22. The second-order valence-corrected chi connectivity index (χ2v) is 6.14. The molecule has 8 nitrogen and oxygen atoms in total. The van der Waals surface area contributed by atoms with Crippen LogP contribution in [0.1, 0.15) is 24.9 Å². The SMILES string of the molecule is COc1ccc(C(CC(=O)Nc2ccccc2-n2cncn2)NC(C)=O)cc1. The van der Waals surface area contributed by atoms with Crippen molar-refractivity contribution < 1.29 is 14.3 Å². The molecule has 0 saturated carbocycles. The standard InChI is InChI=1S/C20H21N5O3/c1-14(26)23-18(15-7-9-16(28-2)10-8-15)11-20(27)24-17-5-3-4-6-19(17)25-13-21-12-22-25/h3-10,12-13,18H,11H2,1-2H3,(H,23,26)(H,24,27). The van der Waals surface area contributed by atoms with Gasteiger partial charge in [-0.3, -0.25) is 9.59 Å². The van der Waals surface area contributed by atoms with E-state index in [4.69, 9.17) is 4.74 Å². The van der Waals surface area contributed by atoms with Crippen LogP contribution in [-0.2, 0) is 9.59 Å². The molecule has 0 saturated heterocycles. The van der Waals surface area contributed by atoms with Gasteiger partial charge in [0.1, 0.15) is 18.4 Å². The van der Waals surface area contributed by atoms with Gasteiger partial charge >= 0.3 is 0 Å². The Hall–Kier alpha value is -3.68. The predicted octanol–water partition coefficient (Wildman–Crippen LogP) is 2.48. The van der Waals surface area contributed by atoms with E-state index in [-0.39, 0.29) is 18.2 Å². The summed E-state index contributed by atoms with van der Waals surface area (Å²) in [6.07, 6.45) is 3.06. The van der Waals surface area contributed by atoms with Crippen molar-refractivity contribution in [2.75, 3.05) is 12.4 Å². The molecule has 0 fully saturated rings. The number of methoxy groups -OCH3 is 1. The number of rotatable bonds is 7. The van der Waals surface area contributed by atoms with Crippen LogP contribution in [-0.4, -0.2) is 33.7 Å². The number of amides is 2. The molecule has 2 N–H and O–H groups in total. The van der Waals surface area contributed by atoms with Gasteiger partial charge in [-0.15, -0.1) is 0 Å². The number of carbonyl (C=O) groups is 2. The van der Waals surface area contributed by atoms with Crippen LogP contribution in [0.3, 0.4) is 0 Å². The fraction of sp³-hybridized carbons (Fsp3) is 0.200. The Labute approximate surface area is 162 Å². The first-order chi connectivity index (χ1) is 13.6. The molecular weight excluding hydrogens is 358 g/mol. The van der Waals surface area contributed by atoms with Gasteiger partial charge in [-0.2, -0.15) is 5.10 Å². The van der Waals surface area contributed by atoms with E-state index in [1.807, 2.05) is 30.3 Å². The largest absolute Gasteiger partial charge is 0.497 e. The van der Waals surface area contributed by atoms with Crippen LogP contribution < -0.4 is 15.4 Å². The highest BCUT2D eigenvalue weighted by molar-refractivity contribution is 5.93. The van der Waals surface area contributed by atoms with Crippen LogP contribution in [0, 0.1) is 0 Å². The molecule has 0 aliphatic carbocycles. The van der Waals surface area contributed by atoms with Gasteiger partial charge in [0.25, 0.3) is 0 Å². The zero-order valence-electron chi connectivity index (χ0n) is 15.6. The van der Waals surface area contributed by atoms with E-state index < -0.39 is 6.04 Å². The molecule has 0 bridgehead atoms. The number of nitrogens with zero attached hydrogens (tertiary/aromatic N) is 3. The third-order valence-corrected chi connectivity index (χ3v) is 4.13. The highest BCUT2D eigenvalue weighted by Crippen LogP contribution is 2.23. The highest BCUT2D eigenvalue weighted by atomic mass is 16.5. The quantitative estimate of drug-likeness (QED) is 0.657. The van der Waals surface area contributed by atoms with E-state index in [2.05, 4.69) is 20.7 Å². The molecule has 3 aromatic rings. The molecule has 0 radical (unpaired) electrons. The molecule has 144 valence electrons. The molecule has 2 amide bonds. The van der Waals surface area contributed by atoms with E-state index in [9.17, 15) is 9.59 Å². The van der Waals surface area contributed by atoms with E-state index >= 15 is 0 Å². The summed E-state index contributed by atoms with van der Waals surface area (Å²) >= 11 is 0. The van der Waals surface area contributed by atoms with Crippen molar-refractivity contribution in [1.82, 2.24) is 20.1 Å². The fourth-order valence-corrected chi connectivity index (χ4v) is 2.83. The maximum Gasteiger partial charge on any atom is 0.226 e. The Balaban J connectivity index is 1.76. The molecule has 28 heavy (non-hydrogen) atoms. The summed E-state index contributed by atoms with van der Waals surface area (Å²) in [6, 6.07) is 14.1. The van der Waals surface area contributed by atoms with Gasteiger partial charge in [0, 0.05) is 6.92 Å². The number of anilines is 1. The minimum atomic E-state index is -0.457. The molecule has 1 unspecified atom stereocenters. The van der Waals surface area contributed by atoms with Gasteiger partial charge in [0.2, 0.25) is 11.8 Å². The minimum Gasteiger partial charge on any atom is -0.497 e. The Morgan fingerprint density at radius 2 is 1.89 bits per heavy atom. The number of nitrogens with one attached hydrogen (secondary N) is 2. The van der Waals surface area contributed by atoms with Crippen molar-refractivity contribution in [3.05, 3.63) is 66.7 Å². The van der Waals surface area contributed by atoms with Gasteiger partial charge in [0.15, 0.2) is 0 Å². The van der Waals surface area contributed by atoms with Crippen molar-refractivity contribution in [2.45, 2.75) is 19.4 Å². The monoisotopic (exact) mass is 379 g/mol. The van der Waals surface area contributed by atoms with E-state index in [1.54, 1.807) is 36.3 Å². The van der Waals surface area contributed by atoms with Crippen molar-refractivity contribution in [2.24, 2.45) is 0 Å². The van der Waals surface area contributed by atoms with Gasteiger partial charge in [-0.05, 0) is 29.8 Å². The Morgan fingerprint density at radius 3 is 2.54 bits per heavy atom. The van der Waals surface area contributed by atoms with Crippen LogP contribution >= 0.6 is 0 Å². The molecule has 8 heteroatoms. The number of benzene rings is 2. The van der Waals surface area contributed by atoms with Crippen molar-refractivity contribution in [1.29, 1.82) is 0 Å². The first-order valence-corrected chi connectivity index (χ1v) is 8.71. The van der Waals surface area contributed by atoms with Gasteiger partial charge in [-0.25, -0.2) is 9.67 Å². The molecular formula is C20H21N5O3. The van der Waals surface area contributed by atoms with E-state index in [1.165, 1.54) is 13.3 Å². The third-order valence-electron chi connectivity index (χ3n) is 4.13. The van der Waals surface area contributed by atoms with Gasteiger partial charge in [0.05, 0.1) is 30.9 Å². The highest BCUT2D eigenvalue weighted by Gasteiger charge is 2.18. The minimum absolute atomic E-state index is 0.0810. The lowest BCUT2D eigenvalue weighted by Gasteiger charge is -2.19. The smallest absolute Gasteiger partial charge is 0.226 e. The van der Waals surface area contributed by atoms with Crippen molar-refractivity contribution in [3.8, 4) is 11.4 Å². The maximum atomic E-state index is 12.7. The first kappa shape index (κ1) is 19.1. The summed E-state index contributed by atoms with van der Waals surface area (Å²) in [5.41, 5.74) is 2.12. The number of ether oxygens (including phenoxy) is 1. The summed E-state index contributed by atoms with van der Waals surface area (Å²) in [6.45, 7) is 1.43. The number of hydrogen-bond donors (Lipinski definition) is 2. The Morgan fingerprint density at radius 1 is 1.14 bits per heavy atom. The lowest BCUT2D eigenvalue weighted by molar-refractivity contribution is -0.120. The first-order valence-electron chi connectivity index (χ1n) is 8.71. The van der Waals surface area contributed by atoms with E-state index in [0.717, 1.165) is 5.56 Å². The number of para-hydroxylation sites is 2. The number of aromatic nitrogens is 3. The normalized spacial score (nSPS) is 11.5. The molecule has 1 atom stereocenters. The van der Waals surface area contributed by atoms with Crippen molar-refractivity contribution >= 4 is 17.5 Å². The van der Waals surface area contributed by atoms with E-state index in [0.29, 0.717) is 17.1 Å². The zero-order valence-corrected chi connectivity index (χ0v) is 15.6. The zero-order chi connectivity index (χ0) is 19.9. The number of hydrogen-bond acceptors (Lipinski definition) is 5. The lowest BCUT2D eigenvalue weighted by atomic mass is 10.0. The topological polar surface area (TPSA) is 98.1 Å². The van der Waals surface area contributed by atoms with Gasteiger partial charge < -0.3 is 15.4 Å². The summed E-state index contributed by atoms with van der Waals surface area (Å²) < 4.78 is 6.73. The average molecular weight is 379 g/mol. The van der Waals surface area contributed by atoms with Crippen LogP contribution in [0.5, 0.6) is 5.75 Å². The van der Waals surface area contributed by atoms with Crippen LogP contribution in [0.15, 0.2) is 61.2 Å².